The van der Waals surface area contributed by atoms with Crippen LogP contribution in [-0.2, 0) is 6.54 Å². The van der Waals surface area contributed by atoms with Gasteiger partial charge in [0.1, 0.15) is 12.3 Å². The summed E-state index contributed by atoms with van der Waals surface area (Å²) in [6, 6.07) is 5.52. The summed E-state index contributed by atoms with van der Waals surface area (Å²) in [4.78, 5) is 6.11. The Morgan fingerprint density at radius 1 is 1.24 bits per heavy atom. The summed E-state index contributed by atoms with van der Waals surface area (Å²) in [5.41, 5.74) is 2.50. The van der Waals surface area contributed by atoms with Crippen molar-refractivity contribution in [2.45, 2.75) is 32.7 Å². The summed E-state index contributed by atoms with van der Waals surface area (Å²) >= 11 is 0. The Balaban J connectivity index is 2.00. The Hall–Kier alpha value is -1.81. The first kappa shape index (κ1) is 14.1. The van der Waals surface area contributed by atoms with Gasteiger partial charge < -0.3 is 14.7 Å². The van der Waals surface area contributed by atoms with E-state index in [4.69, 9.17) is 4.74 Å². The van der Waals surface area contributed by atoms with Gasteiger partial charge in [-0.05, 0) is 49.8 Å². The second-order valence-electron chi connectivity index (χ2n) is 5.88. The van der Waals surface area contributed by atoms with Gasteiger partial charge in [-0.15, -0.1) is 0 Å². The molecule has 0 radical (unpaired) electrons. The van der Waals surface area contributed by atoms with E-state index in [2.05, 4.69) is 4.98 Å². The second kappa shape index (κ2) is 5.90. The largest absolute Gasteiger partial charge is 0.872 e. The number of aromatic nitrogens is 1. The molecule has 0 aliphatic carbocycles. The molecule has 0 bridgehead atoms. The molecule has 3 rings (SSSR count). The van der Waals surface area contributed by atoms with Gasteiger partial charge in [0.05, 0.1) is 25.7 Å². The molecule has 112 valence electrons. The molecule has 1 aromatic heterocycles. The van der Waals surface area contributed by atoms with E-state index in [-0.39, 0.29) is 5.75 Å². The van der Waals surface area contributed by atoms with Crippen LogP contribution in [0, 0.1) is 6.92 Å². The fourth-order valence-corrected chi connectivity index (χ4v) is 3.18. The van der Waals surface area contributed by atoms with Gasteiger partial charge in [-0.3, -0.25) is 4.98 Å². The molecule has 4 heteroatoms. The van der Waals surface area contributed by atoms with Crippen LogP contribution < -0.4 is 14.7 Å². The van der Waals surface area contributed by atoms with Crippen molar-refractivity contribution in [3.05, 3.63) is 29.5 Å². The molecule has 21 heavy (non-hydrogen) atoms. The number of fused-ring (bicyclic) bond motifs is 1. The van der Waals surface area contributed by atoms with Crippen LogP contribution in [0.25, 0.3) is 10.9 Å². The molecule has 4 nitrogen and oxygen atoms in total. The average molecular weight is 286 g/mol. The molecule has 0 amide bonds. The van der Waals surface area contributed by atoms with Gasteiger partial charge in [-0.25, -0.2) is 0 Å². The van der Waals surface area contributed by atoms with Crippen molar-refractivity contribution < 1.29 is 14.7 Å². The average Bonchev–Trinajstić information content (AvgIpc) is 2.52. The lowest BCUT2D eigenvalue weighted by molar-refractivity contribution is -0.918. The number of quaternary nitrogens is 1. The van der Waals surface area contributed by atoms with Crippen molar-refractivity contribution in [3.63, 3.8) is 0 Å². The van der Waals surface area contributed by atoms with Crippen LogP contribution in [0.3, 0.4) is 0 Å². The van der Waals surface area contributed by atoms with E-state index in [1.54, 1.807) is 13.2 Å². The summed E-state index contributed by atoms with van der Waals surface area (Å²) in [5, 5.41) is 13.5. The van der Waals surface area contributed by atoms with Crippen molar-refractivity contribution in [2.24, 2.45) is 0 Å². The Morgan fingerprint density at radius 2 is 2.00 bits per heavy atom. The van der Waals surface area contributed by atoms with E-state index in [0.29, 0.717) is 11.1 Å². The summed E-state index contributed by atoms with van der Waals surface area (Å²) in [5.74, 6) is 0.830. The number of rotatable bonds is 3. The molecule has 0 unspecified atom stereocenters. The maximum atomic E-state index is 12.8. The van der Waals surface area contributed by atoms with E-state index < -0.39 is 0 Å². The molecule has 1 aromatic carbocycles. The SMILES string of the molecule is COc1ccc2nc(C)c(C[NH+]3CCCCC3)c([O-])c2c1. The predicted octanol–water partition coefficient (Wildman–Crippen LogP) is 1.19. The fraction of sp³-hybridized carbons (Fsp3) is 0.471. The molecule has 1 aliphatic rings. The van der Waals surface area contributed by atoms with Gasteiger partial charge in [0.2, 0.25) is 0 Å². The van der Waals surface area contributed by atoms with Crippen molar-refractivity contribution in [2.75, 3.05) is 20.2 Å². The number of piperidine rings is 1. The van der Waals surface area contributed by atoms with Crippen LogP contribution in [0.15, 0.2) is 18.2 Å². The third-order valence-electron chi connectivity index (χ3n) is 4.43. The first-order valence-electron chi connectivity index (χ1n) is 7.67. The van der Waals surface area contributed by atoms with E-state index in [1.807, 2.05) is 19.1 Å². The second-order valence-corrected chi connectivity index (χ2v) is 5.88. The summed E-state index contributed by atoms with van der Waals surface area (Å²) in [6.07, 6.45) is 3.84. The molecule has 0 spiro atoms. The number of methoxy groups -OCH3 is 1. The zero-order valence-electron chi connectivity index (χ0n) is 12.7. The summed E-state index contributed by atoms with van der Waals surface area (Å²) < 4.78 is 5.23. The third kappa shape index (κ3) is 2.81. The smallest absolute Gasteiger partial charge is 0.119 e. The Morgan fingerprint density at radius 3 is 2.71 bits per heavy atom. The first-order valence-corrected chi connectivity index (χ1v) is 7.67. The fourth-order valence-electron chi connectivity index (χ4n) is 3.18. The van der Waals surface area contributed by atoms with Crippen molar-refractivity contribution in [1.29, 1.82) is 0 Å². The zero-order chi connectivity index (χ0) is 14.8. The Kier molecular flexibility index (Phi) is 3.97. The predicted molar refractivity (Wildman–Crippen MR) is 80.7 cm³/mol. The standard InChI is InChI=1S/C17H22N2O2/c1-12-15(11-19-8-4-3-5-9-19)17(20)14-10-13(21-2)6-7-16(14)18-12/h6-7,10H,3-5,8-9,11H2,1-2H3,(H,18,20). The molecule has 1 aliphatic heterocycles. The van der Waals surface area contributed by atoms with E-state index >= 15 is 0 Å². The lowest BCUT2D eigenvalue weighted by Crippen LogP contribution is -3.11. The molecule has 1 fully saturated rings. The van der Waals surface area contributed by atoms with Crippen molar-refractivity contribution >= 4 is 10.9 Å². The van der Waals surface area contributed by atoms with Gasteiger partial charge in [0, 0.05) is 11.3 Å². The minimum absolute atomic E-state index is 0.120. The van der Waals surface area contributed by atoms with Gasteiger partial charge in [0.25, 0.3) is 0 Å². The number of hydrogen-bond donors (Lipinski definition) is 1. The normalized spacial score (nSPS) is 16.3. The third-order valence-corrected chi connectivity index (χ3v) is 4.43. The van der Waals surface area contributed by atoms with Crippen LogP contribution in [0.5, 0.6) is 11.5 Å². The van der Waals surface area contributed by atoms with Crippen molar-refractivity contribution in [1.82, 2.24) is 4.98 Å². The lowest BCUT2D eigenvalue weighted by Gasteiger charge is -2.27. The molecule has 0 atom stereocenters. The highest BCUT2D eigenvalue weighted by Gasteiger charge is 2.17. The Bertz CT molecular complexity index is 649. The van der Waals surface area contributed by atoms with Crippen LogP contribution >= 0.6 is 0 Å². The number of likely N-dealkylation sites (tertiary alicyclic amines) is 1. The molecule has 2 heterocycles. The van der Waals surface area contributed by atoms with E-state index in [1.165, 1.54) is 24.2 Å². The maximum absolute atomic E-state index is 12.8. The number of hydrogen-bond acceptors (Lipinski definition) is 3. The molecule has 0 saturated carbocycles. The molecule has 2 aromatic rings. The maximum Gasteiger partial charge on any atom is 0.119 e. The minimum Gasteiger partial charge on any atom is -0.872 e. The van der Waals surface area contributed by atoms with Gasteiger partial charge in [0.15, 0.2) is 0 Å². The number of ether oxygens (including phenoxy) is 1. The highest BCUT2D eigenvalue weighted by molar-refractivity contribution is 5.87. The highest BCUT2D eigenvalue weighted by atomic mass is 16.5. The van der Waals surface area contributed by atoms with Crippen LogP contribution in [-0.4, -0.2) is 25.2 Å². The first-order chi connectivity index (χ1) is 10.2. The number of pyridine rings is 1. The summed E-state index contributed by atoms with van der Waals surface area (Å²) in [6.45, 7) is 5.07. The van der Waals surface area contributed by atoms with Crippen LogP contribution in [0.4, 0.5) is 0 Å². The molecular weight excluding hydrogens is 264 g/mol. The molecule has 1 saturated heterocycles. The van der Waals surface area contributed by atoms with Gasteiger partial charge in [-0.1, -0.05) is 5.75 Å². The number of aryl methyl sites for hydroxylation is 1. The number of nitrogens with zero attached hydrogens (tertiary/aromatic N) is 1. The number of nitrogens with one attached hydrogen (secondary N) is 1. The molecule has 1 N–H and O–H groups in total. The number of benzene rings is 1. The minimum atomic E-state index is 0.120. The quantitative estimate of drug-likeness (QED) is 0.922. The van der Waals surface area contributed by atoms with Gasteiger partial charge >= 0.3 is 0 Å². The highest BCUT2D eigenvalue weighted by Crippen LogP contribution is 2.29. The topological polar surface area (TPSA) is 49.6 Å². The van der Waals surface area contributed by atoms with Crippen LogP contribution in [0.2, 0.25) is 0 Å². The summed E-state index contributed by atoms with van der Waals surface area (Å²) in [7, 11) is 1.62. The lowest BCUT2D eigenvalue weighted by atomic mass is 10.0. The van der Waals surface area contributed by atoms with E-state index in [0.717, 1.165) is 36.4 Å². The Labute approximate surface area is 125 Å². The van der Waals surface area contributed by atoms with E-state index in [9.17, 15) is 5.11 Å². The zero-order valence-corrected chi connectivity index (χ0v) is 12.7. The van der Waals surface area contributed by atoms with Gasteiger partial charge in [-0.2, -0.15) is 0 Å². The van der Waals surface area contributed by atoms with Crippen LogP contribution in [0.1, 0.15) is 30.5 Å². The monoisotopic (exact) mass is 286 g/mol. The molecular formula is C17H22N2O2. The van der Waals surface area contributed by atoms with Crippen molar-refractivity contribution in [3.8, 4) is 11.5 Å².